The van der Waals surface area contributed by atoms with Gasteiger partial charge in [0.25, 0.3) is 0 Å². The van der Waals surface area contributed by atoms with E-state index in [-0.39, 0.29) is 0 Å². The predicted molar refractivity (Wildman–Crippen MR) is 70.5 cm³/mol. The Hall–Kier alpha value is -1.14. The summed E-state index contributed by atoms with van der Waals surface area (Å²) in [6.07, 6.45) is 3.02. The summed E-state index contributed by atoms with van der Waals surface area (Å²) in [6, 6.07) is 4.27. The molecule has 1 aromatic carbocycles. The molecular formula is C11H7Br2FN2O. The van der Waals surface area contributed by atoms with Crippen LogP contribution in [0.1, 0.15) is 0 Å². The van der Waals surface area contributed by atoms with Gasteiger partial charge in [-0.3, -0.25) is 4.98 Å². The molecule has 2 aromatic rings. The van der Waals surface area contributed by atoms with Crippen molar-refractivity contribution in [3.63, 3.8) is 0 Å². The first-order chi connectivity index (χ1) is 8.06. The molecule has 0 unspecified atom stereocenters. The highest BCUT2D eigenvalue weighted by Crippen LogP contribution is 2.35. The molecule has 0 aliphatic heterocycles. The molecule has 0 fully saturated rings. The van der Waals surface area contributed by atoms with Crippen LogP contribution >= 0.6 is 31.9 Å². The van der Waals surface area contributed by atoms with Crippen LogP contribution in [0.15, 0.2) is 39.5 Å². The van der Waals surface area contributed by atoms with E-state index in [9.17, 15) is 4.39 Å². The third-order valence-corrected chi connectivity index (χ3v) is 2.96. The lowest BCUT2D eigenvalue weighted by Gasteiger charge is -2.10. The second kappa shape index (κ2) is 5.01. The summed E-state index contributed by atoms with van der Waals surface area (Å²) in [5, 5.41) is 0. The number of pyridine rings is 1. The molecule has 0 amide bonds. The Kier molecular flexibility index (Phi) is 3.63. The second-order valence-corrected chi connectivity index (χ2v) is 5.02. The highest BCUT2D eigenvalue weighted by Gasteiger charge is 2.08. The number of ether oxygens (including phenoxy) is 1. The Balaban J connectivity index is 2.38. The smallest absolute Gasteiger partial charge is 0.167 e. The molecule has 0 saturated carbocycles. The number of anilines is 1. The molecule has 1 heterocycles. The first-order valence-corrected chi connectivity index (χ1v) is 6.18. The lowest BCUT2D eigenvalue weighted by Crippen LogP contribution is -1.94. The van der Waals surface area contributed by atoms with Crippen LogP contribution in [-0.2, 0) is 0 Å². The van der Waals surface area contributed by atoms with E-state index in [0.717, 1.165) is 0 Å². The van der Waals surface area contributed by atoms with Crippen molar-refractivity contribution >= 4 is 37.5 Å². The Labute approximate surface area is 114 Å². The number of hydrogen-bond donors (Lipinski definition) is 1. The van der Waals surface area contributed by atoms with Gasteiger partial charge in [-0.25, -0.2) is 4.39 Å². The fourth-order valence-corrected chi connectivity index (χ4v) is 2.12. The van der Waals surface area contributed by atoms with Crippen molar-refractivity contribution in [2.75, 3.05) is 5.73 Å². The van der Waals surface area contributed by atoms with Gasteiger partial charge in [0.2, 0.25) is 0 Å². The standard InChI is InChI=1S/C11H7Br2FN2O/c12-6-1-7(14)3-8(2-6)17-11-9(13)4-16-5-10(11)15/h1-5H,15H2. The van der Waals surface area contributed by atoms with Gasteiger partial charge in [-0.05, 0) is 28.1 Å². The molecule has 2 N–H and O–H groups in total. The minimum Gasteiger partial charge on any atom is -0.454 e. The number of aromatic nitrogens is 1. The van der Waals surface area contributed by atoms with Gasteiger partial charge >= 0.3 is 0 Å². The molecule has 0 bridgehead atoms. The monoisotopic (exact) mass is 360 g/mol. The Morgan fingerprint density at radius 2 is 1.94 bits per heavy atom. The highest BCUT2D eigenvalue weighted by molar-refractivity contribution is 9.10. The van der Waals surface area contributed by atoms with Crippen molar-refractivity contribution in [3.05, 3.63) is 45.4 Å². The summed E-state index contributed by atoms with van der Waals surface area (Å²) in [6.45, 7) is 0. The number of nitrogens with two attached hydrogens (primary N) is 1. The van der Waals surface area contributed by atoms with Crippen LogP contribution in [-0.4, -0.2) is 4.98 Å². The molecule has 6 heteroatoms. The van der Waals surface area contributed by atoms with Crippen molar-refractivity contribution in [2.45, 2.75) is 0 Å². The largest absolute Gasteiger partial charge is 0.454 e. The minimum atomic E-state index is -0.391. The maximum atomic E-state index is 13.2. The summed E-state index contributed by atoms with van der Waals surface area (Å²) < 4.78 is 19.9. The van der Waals surface area contributed by atoms with Crippen LogP contribution in [0, 0.1) is 5.82 Å². The van der Waals surface area contributed by atoms with Crippen LogP contribution in [0.25, 0.3) is 0 Å². The highest BCUT2D eigenvalue weighted by atomic mass is 79.9. The van der Waals surface area contributed by atoms with Crippen LogP contribution in [0.5, 0.6) is 11.5 Å². The maximum Gasteiger partial charge on any atom is 0.167 e. The molecule has 2 rings (SSSR count). The Bertz CT molecular complexity index is 523. The number of nitrogens with zero attached hydrogens (tertiary/aromatic N) is 1. The van der Waals surface area contributed by atoms with Gasteiger partial charge in [-0.1, -0.05) is 15.9 Å². The zero-order valence-electron chi connectivity index (χ0n) is 8.45. The second-order valence-electron chi connectivity index (χ2n) is 3.25. The van der Waals surface area contributed by atoms with Crippen LogP contribution in [0.3, 0.4) is 0 Å². The lowest BCUT2D eigenvalue weighted by molar-refractivity contribution is 0.475. The molecule has 0 radical (unpaired) electrons. The van der Waals surface area contributed by atoms with E-state index in [0.29, 0.717) is 26.1 Å². The van der Waals surface area contributed by atoms with Crippen LogP contribution in [0.4, 0.5) is 10.1 Å². The summed E-state index contributed by atoms with van der Waals surface area (Å²) in [4.78, 5) is 3.89. The molecule has 0 atom stereocenters. The number of rotatable bonds is 2. The van der Waals surface area contributed by atoms with Crippen LogP contribution in [0.2, 0.25) is 0 Å². The number of hydrogen-bond acceptors (Lipinski definition) is 3. The molecule has 0 saturated heterocycles. The van der Waals surface area contributed by atoms with Crippen molar-refractivity contribution in [1.29, 1.82) is 0 Å². The van der Waals surface area contributed by atoms with E-state index in [2.05, 4.69) is 36.8 Å². The van der Waals surface area contributed by atoms with Gasteiger partial charge in [0.1, 0.15) is 11.6 Å². The molecular weight excluding hydrogens is 355 g/mol. The number of benzene rings is 1. The quantitative estimate of drug-likeness (QED) is 0.875. The van der Waals surface area contributed by atoms with Crippen molar-refractivity contribution in [1.82, 2.24) is 4.98 Å². The normalized spacial score (nSPS) is 10.3. The SMILES string of the molecule is Nc1cncc(Br)c1Oc1cc(F)cc(Br)c1. The van der Waals surface area contributed by atoms with E-state index in [1.165, 1.54) is 18.3 Å². The van der Waals surface area contributed by atoms with Crippen molar-refractivity contribution in [3.8, 4) is 11.5 Å². The average molecular weight is 362 g/mol. The topological polar surface area (TPSA) is 48.1 Å². The summed E-state index contributed by atoms with van der Waals surface area (Å²) in [5.41, 5.74) is 6.10. The number of nitrogen functional groups attached to an aromatic ring is 1. The zero-order valence-corrected chi connectivity index (χ0v) is 11.6. The van der Waals surface area contributed by atoms with Gasteiger partial charge in [0.15, 0.2) is 5.75 Å². The summed E-state index contributed by atoms with van der Waals surface area (Å²) >= 11 is 6.46. The van der Waals surface area contributed by atoms with Crippen molar-refractivity contribution < 1.29 is 9.13 Å². The van der Waals surface area contributed by atoms with Gasteiger partial charge in [0, 0.05) is 16.7 Å². The van der Waals surface area contributed by atoms with E-state index in [1.807, 2.05) is 0 Å². The molecule has 0 aliphatic rings. The molecule has 0 aliphatic carbocycles. The van der Waals surface area contributed by atoms with Gasteiger partial charge in [-0.2, -0.15) is 0 Å². The summed E-state index contributed by atoms with van der Waals surface area (Å²) in [5.74, 6) is 0.381. The minimum absolute atomic E-state index is 0.357. The number of halogens is 3. The molecule has 3 nitrogen and oxygen atoms in total. The molecule has 88 valence electrons. The molecule has 17 heavy (non-hydrogen) atoms. The predicted octanol–water partition coefficient (Wildman–Crippen LogP) is 4.12. The molecule has 1 aromatic heterocycles. The van der Waals surface area contributed by atoms with Crippen molar-refractivity contribution in [2.24, 2.45) is 0 Å². The third kappa shape index (κ3) is 2.95. The van der Waals surface area contributed by atoms with Gasteiger partial charge < -0.3 is 10.5 Å². The third-order valence-electron chi connectivity index (χ3n) is 1.94. The van der Waals surface area contributed by atoms with Gasteiger partial charge in [0.05, 0.1) is 16.4 Å². The Morgan fingerprint density at radius 3 is 2.59 bits per heavy atom. The zero-order chi connectivity index (χ0) is 12.4. The van der Waals surface area contributed by atoms with Crippen LogP contribution < -0.4 is 10.5 Å². The fraction of sp³-hybridized carbons (Fsp3) is 0. The Morgan fingerprint density at radius 1 is 1.18 bits per heavy atom. The first-order valence-electron chi connectivity index (χ1n) is 4.59. The first kappa shape index (κ1) is 12.3. The summed E-state index contributed by atoms with van der Waals surface area (Å²) in [7, 11) is 0. The average Bonchev–Trinajstić information content (AvgIpc) is 2.22. The fourth-order valence-electron chi connectivity index (χ4n) is 1.25. The maximum absolute atomic E-state index is 13.2. The van der Waals surface area contributed by atoms with E-state index >= 15 is 0 Å². The van der Waals surface area contributed by atoms with E-state index < -0.39 is 5.82 Å². The van der Waals surface area contributed by atoms with E-state index in [1.54, 1.807) is 12.3 Å². The molecule has 0 spiro atoms. The van der Waals surface area contributed by atoms with E-state index in [4.69, 9.17) is 10.5 Å². The lowest BCUT2D eigenvalue weighted by atomic mass is 10.3. The van der Waals surface area contributed by atoms with Gasteiger partial charge in [-0.15, -0.1) is 0 Å².